The molecule has 0 atom stereocenters. The third kappa shape index (κ3) is 3.96. The van der Waals surface area contributed by atoms with Crippen LogP contribution in [0.5, 0.6) is 0 Å². The van der Waals surface area contributed by atoms with Crippen LogP contribution in [0.3, 0.4) is 0 Å². The lowest BCUT2D eigenvalue weighted by atomic mass is 10.1. The van der Waals surface area contributed by atoms with Crippen LogP contribution in [0.25, 0.3) is 11.0 Å². The van der Waals surface area contributed by atoms with Crippen LogP contribution in [-0.2, 0) is 19.1 Å². The third-order valence-corrected chi connectivity index (χ3v) is 4.22. The molecule has 132 valence electrons. The van der Waals surface area contributed by atoms with Gasteiger partial charge < -0.3 is 9.67 Å². The number of aryl methyl sites for hydroxylation is 1. The first-order chi connectivity index (χ1) is 11.9. The van der Waals surface area contributed by atoms with Crippen molar-refractivity contribution >= 4 is 22.6 Å². The van der Waals surface area contributed by atoms with Crippen LogP contribution in [0.1, 0.15) is 23.4 Å². The fourth-order valence-corrected chi connectivity index (χ4v) is 2.88. The summed E-state index contributed by atoms with van der Waals surface area (Å²) in [6, 6.07) is 10.8. The van der Waals surface area contributed by atoms with Gasteiger partial charge in [-0.3, -0.25) is 0 Å². The minimum absolute atomic E-state index is 0.000687. The van der Waals surface area contributed by atoms with Gasteiger partial charge in [0.1, 0.15) is 5.82 Å². The predicted octanol–water partition coefficient (Wildman–Crippen LogP) is 4.68. The number of alkyl halides is 3. The van der Waals surface area contributed by atoms with Crippen molar-refractivity contribution in [1.82, 2.24) is 9.55 Å². The zero-order valence-corrected chi connectivity index (χ0v) is 14.0. The maximum absolute atomic E-state index is 12.9. The molecule has 0 saturated heterocycles. The van der Waals surface area contributed by atoms with Crippen LogP contribution in [0.2, 0.25) is 5.02 Å². The number of aliphatic hydroxyl groups is 1. The van der Waals surface area contributed by atoms with E-state index >= 15 is 0 Å². The summed E-state index contributed by atoms with van der Waals surface area (Å²) in [5.74, 6) is 0.657. The van der Waals surface area contributed by atoms with Gasteiger partial charge in [-0.2, -0.15) is 13.2 Å². The van der Waals surface area contributed by atoms with Gasteiger partial charge in [0.2, 0.25) is 0 Å². The SMILES string of the molecule is OCCCn1c(Cc2ccc(Cl)cc2)nc2cc(C(F)(F)F)ccc21. The molecule has 0 aliphatic rings. The van der Waals surface area contributed by atoms with E-state index in [0.29, 0.717) is 41.3 Å². The molecule has 0 spiro atoms. The van der Waals surface area contributed by atoms with Gasteiger partial charge >= 0.3 is 6.18 Å². The normalized spacial score (nSPS) is 12.0. The summed E-state index contributed by atoms with van der Waals surface area (Å²) in [6.07, 6.45) is -3.43. The Morgan fingerprint density at radius 2 is 1.80 bits per heavy atom. The standard InChI is InChI=1S/C18H16ClF3N2O/c19-14-5-2-12(3-6-14)10-17-23-15-11-13(18(20,21)22)4-7-16(15)24(17)8-1-9-25/h2-7,11,25H,1,8-10H2. The van der Waals surface area contributed by atoms with E-state index < -0.39 is 11.7 Å². The molecule has 1 N–H and O–H groups in total. The van der Waals surface area contributed by atoms with Crippen molar-refractivity contribution in [2.24, 2.45) is 0 Å². The Balaban J connectivity index is 2.03. The average Bonchev–Trinajstić information content (AvgIpc) is 2.90. The number of hydrogen-bond acceptors (Lipinski definition) is 2. The summed E-state index contributed by atoms with van der Waals surface area (Å²) in [4.78, 5) is 4.41. The van der Waals surface area contributed by atoms with Crippen molar-refractivity contribution in [3.63, 3.8) is 0 Å². The lowest BCUT2D eigenvalue weighted by Crippen LogP contribution is -2.07. The summed E-state index contributed by atoms with van der Waals surface area (Å²) in [5, 5.41) is 9.72. The molecule has 0 amide bonds. The zero-order chi connectivity index (χ0) is 18.0. The molecule has 1 aromatic heterocycles. The van der Waals surface area contributed by atoms with E-state index in [2.05, 4.69) is 4.98 Å². The lowest BCUT2D eigenvalue weighted by molar-refractivity contribution is -0.137. The summed E-state index contributed by atoms with van der Waals surface area (Å²) in [7, 11) is 0. The smallest absolute Gasteiger partial charge is 0.396 e. The number of rotatable bonds is 5. The van der Waals surface area contributed by atoms with Gasteiger partial charge in [0, 0.05) is 24.6 Å². The second-order valence-electron chi connectivity index (χ2n) is 5.76. The minimum Gasteiger partial charge on any atom is -0.396 e. The van der Waals surface area contributed by atoms with Gasteiger partial charge in [0.05, 0.1) is 16.6 Å². The molecule has 0 radical (unpaired) electrons. The maximum Gasteiger partial charge on any atom is 0.416 e. The molecule has 1 heterocycles. The van der Waals surface area contributed by atoms with Gasteiger partial charge in [-0.15, -0.1) is 0 Å². The molecule has 3 aromatic rings. The van der Waals surface area contributed by atoms with Gasteiger partial charge in [0.15, 0.2) is 0 Å². The van der Waals surface area contributed by atoms with Crippen LogP contribution in [0, 0.1) is 0 Å². The summed E-state index contributed by atoms with van der Waals surface area (Å²) < 4.78 is 40.7. The van der Waals surface area contributed by atoms with Crippen molar-refractivity contribution in [1.29, 1.82) is 0 Å². The van der Waals surface area contributed by atoms with E-state index in [1.54, 1.807) is 12.1 Å². The molecule has 25 heavy (non-hydrogen) atoms. The molecule has 2 aromatic carbocycles. The van der Waals surface area contributed by atoms with Crippen LogP contribution in [0.4, 0.5) is 13.2 Å². The van der Waals surface area contributed by atoms with Crippen molar-refractivity contribution in [3.8, 4) is 0 Å². The first kappa shape index (κ1) is 17.8. The molecular formula is C18H16ClF3N2O. The number of nitrogens with zero attached hydrogens (tertiary/aromatic N) is 2. The predicted molar refractivity (Wildman–Crippen MR) is 90.7 cm³/mol. The van der Waals surface area contributed by atoms with Crippen molar-refractivity contribution in [2.75, 3.05) is 6.61 Å². The Hall–Kier alpha value is -2.05. The van der Waals surface area contributed by atoms with E-state index in [9.17, 15) is 13.2 Å². The number of fused-ring (bicyclic) bond motifs is 1. The van der Waals surface area contributed by atoms with E-state index in [4.69, 9.17) is 16.7 Å². The molecule has 3 nitrogen and oxygen atoms in total. The monoisotopic (exact) mass is 368 g/mol. The van der Waals surface area contributed by atoms with E-state index in [1.807, 2.05) is 16.7 Å². The first-order valence-corrected chi connectivity index (χ1v) is 8.18. The fraction of sp³-hybridized carbons (Fsp3) is 0.278. The molecule has 3 rings (SSSR count). The molecular weight excluding hydrogens is 353 g/mol. The highest BCUT2D eigenvalue weighted by Crippen LogP contribution is 2.32. The summed E-state index contributed by atoms with van der Waals surface area (Å²) >= 11 is 5.88. The number of aliphatic hydroxyl groups excluding tert-OH is 1. The average molecular weight is 369 g/mol. The van der Waals surface area contributed by atoms with E-state index in [0.717, 1.165) is 17.7 Å². The highest BCUT2D eigenvalue weighted by atomic mass is 35.5. The van der Waals surface area contributed by atoms with Crippen molar-refractivity contribution < 1.29 is 18.3 Å². The molecule has 0 unspecified atom stereocenters. The summed E-state index contributed by atoms with van der Waals surface area (Å²) in [5.41, 5.74) is 1.17. The molecule has 0 aliphatic heterocycles. The molecule has 7 heteroatoms. The number of imidazole rings is 1. The zero-order valence-electron chi connectivity index (χ0n) is 13.2. The third-order valence-electron chi connectivity index (χ3n) is 3.97. The van der Waals surface area contributed by atoms with Crippen LogP contribution >= 0.6 is 11.6 Å². The summed E-state index contributed by atoms with van der Waals surface area (Å²) in [6.45, 7) is 0.488. The Bertz CT molecular complexity index is 872. The Kier molecular flexibility index (Phi) is 5.01. The van der Waals surface area contributed by atoms with E-state index in [1.165, 1.54) is 6.07 Å². The lowest BCUT2D eigenvalue weighted by Gasteiger charge is -2.09. The largest absolute Gasteiger partial charge is 0.416 e. The number of hydrogen-bond donors (Lipinski definition) is 1. The Morgan fingerprint density at radius 3 is 2.44 bits per heavy atom. The van der Waals surface area contributed by atoms with Crippen LogP contribution in [-0.4, -0.2) is 21.3 Å². The molecule has 0 aliphatic carbocycles. The molecule has 0 bridgehead atoms. The first-order valence-electron chi connectivity index (χ1n) is 7.80. The second kappa shape index (κ2) is 7.06. The number of benzene rings is 2. The minimum atomic E-state index is -4.40. The van der Waals surface area contributed by atoms with Crippen molar-refractivity contribution in [2.45, 2.75) is 25.6 Å². The van der Waals surface area contributed by atoms with Gasteiger partial charge in [0.25, 0.3) is 0 Å². The quantitative estimate of drug-likeness (QED) is 0.710. The van der Waals surface area contributed by atoms with Crippen molar-refractivity contribution in [3.05, 3.63) is 64.4 Å². The van der Waals surface area contributed by atoms with Gasteiger partial charge in [-0.1, -0.05) is 23.7 Å². The second-order valence-corrected chi connectivity index (χ2v) is 6.20. The number of halogens is 4. The topological polar surface area (TPSA) is 38.0 Å². The Morgan fingerprint density at radius 1 is 1.08 bits per heavy atom. The van der Waals surface area contributed by atoms with Crippen LogP contribution in [0.15, 0.2) is 42.5 Å². The number of aromatic nitrogens is 2. The molecule has 0 saturated carbocycles. The molecule has 0 fully saturated rings. The van der Waals surface area contributed by atoms with Crippen LogP contribution < -0.4 is 0 Å². The van der Waals surface area contributed by atoms with Gasteiger partial charge in [-0.25, -0.2) is 4.98 Å². The maximum atomic E-state index is 12.9. The highest BCUT2D eigenvalue weighted by molar-refractivity contribution is 6.30. The Labute approximate surface area is 147 Å². The highest BCUT2D eigenvalue weighted by Gasteiger charge is 2.31. The van der Waals surface area contributed by atoms with Gasteiger partial charge in [-0.05, 0) is 42.3 Å². The van der Waals surface area contributed by atoms with E-state index in [-0.39, 0.29) is 6.61 Å². The fourth-order valence-electron chi connectivity index (χ4n) is 2.75.